The van der Waals surface area contributed by atoms with Gasteiger partial charge in [0, 0.05) is 5.57 Å². The third kappa shape index (κ3) is 0.838. The molecule has 0 fully saturated rings. The number of allylic oxidation sites excluding steroid dienone is 2. The lowest BCUT2D eigenvalue weighted by Crippen LogP contribution is -2.28. The molecule has 56 valence electrons. The monoisotopic (exact) mass is 140 g/mol. The van der Waals surface area contributed by atoms with Crippen molar-refractivity contribution in [2.45, 2.75) is 20.8 Å². The zero-order valence-electron chi connectivity index (χ0n) is 6.60. The fraction of sp³-hybridized carbons (Fsp3) is 0.625. The second-order valence-electron chi connectivity index (χ2n) is 2.51. The second kappa shape index (κ2) is 2.45. The Labute approximate surface area is 60.9 Å². The number of hydrogen-bond acceptors (Lipinski definition) is 2. The van der Waals surface area contributed by atoms with Crippen LogP contribution in [0.1, 0.15) is 20.8 Å². The summed E-state index contributed by atoms with van der Waals surface area (Å²) < 4.78 is 5.23. The summed E-state index contributed by atoms with van der Waals surface area (Å²) in [5.74, 6) is 1.12. The maximum absolute atomic E-state index is 10.9. The number of carbonyl (C=O) groups is 1. The Bertz CT molecular complexity index is 191. The topological polar surface area (TPSA) is 26.3 Å². The van der Waals surface area contributed by atoms with Crippen LogP contribution in [0, 0.1) is 5.92 Å². The summed E-state index contributed by atoms with van der Waals surface area (Å²) in [6.45, 7) is 6.27. The lowest BCUT2D eigenvalue weighted by atomic mass is 9.85. The third-order valence-electron chi connectivity index (χ3n) is 1.83. The number of Topliss-reactive ketones (excluding diaryl/α,β-unsaturated/α-hetero) is 1. The van der Waals surface area contributed by atoms with Crippen molar-refractivity contribution in [3.05, 3.63) is 11.3 Å². The van der Waals surface area contributed by atoms with Gasteiger partial charge in [-0.05, 0) is 20.8 Å². The van der Waals surface area contributed by atoms with Crippen molar-refractivity contribution in [3.63, 3.8) is 0 Å². The van der Waals surface area contributed by atoms with Crippen molar-refractivity contribution >= 4 is 5.78 Å². The molecule has 1 aliphatic carbocycles. The maximum atomic E-state index is 10.9. The molecule has 2 nitrogen and oxygen atoms in total. The lowest BCUT2D eigenvalue weighted by Gasteiger charge is -2.26. The summed E-state index contributed by atoms with van der Waals surface area (Å²) in [7, 11) is 0. The van der Waals surface area contributed by atoms with Crippen molar-refractivity contribution in [1.29, 1.82) is 0 Å². The van der Waals surface area contributed by atoms with Gasteiger partial charge in [0.1, 0.15) is 5.76 Å². The molecule has 0 aliphatic heterocycles. The van der Waals surface area contributed by atoms with Gasteiger partial charge < -0.3 is 4.74 Å². The van der Waals surface area contributed by atoms with Crippen molar-refractivity contribution < 1.29 is 9.53 Å². The van der Waals surface area contributed by atoms with E-state index in [1.165, 1.54) is 0 Å². The van der Waals surface area contributed by atoms with Crippen molar-refractivity contribution in [2.75, 3.05) is 6.61 Å². The molecule has 1 rings (SSSR count). The quantitative estimate of drug-likeness (QED) is 0.581. The van der Waals surface area contributed by atoms with Crippen molar-refractivity contribution in [2.24, 2.45) is 5.92 Å². The van der Waals surface area contributed by atoms with E-state index in [9.17, 15) is 4.79 Å². The highest BCUT2D eigenvalue weighted by molar-refractivity contribution is 6.05. The SMILES string of the molecule is CCOC1=C(C)C(=O)C1C. The Hall–Kier alpha value is -0.790. The van der Waals surface area contributed by atoms with E-state index in [0.29, 0.717) is 6.61 Å². The molecule has 0 N–H and O–H groups in total. The number of carbonyl (C=O) groups excluding carboxylic acids is 1. The molecular formula is C8H12O2. The van der Waals surface area contributed by atoms with E-state index in [2.05, 4.69) is 0 Å². The first kappa shape index (κ1) is 7.32. The first-order valence-electron chi connectivity index (χ1n) is 3.56. The summed E-state index contributed by atoms with van der Waals surface area (Å²) in [6.07, 6.45) is 0. The summed E-state index contributed by atoms with van der Waals surface area (Å²) in [5, 5.41) is 0. The molecule has 0 saturated carbocycles. The van der Waals surface area contributed by atoms with Crippen LogP contribution >= 0.6 is 0 Å². The van der Waals surface area contributed by atoms with E-state index in [1.54, 1.807) is 0 Å². The standard InChI is InChI=1S/C8H12O2/c1-4-10-8-5(2)7(9)6(8)3/h5H,4H2,1-3H3. The smallest absolute Gasteiger partial charge is 0.172 e. The van der Waals surface area contributed by atoms with E-state index in [1.807, 2.05) is 20.8 Å². The first-order valence-corrected chi connectivity index (χ1v) is 3.56. The first-order chi connectivity index (χ1) is 4.68. The van der Waals surface area contributed by atoms with E-state index < -0.39 is 0 Å². The summed E-state index contributed by atoms with van der Waals surface area (Å²) in [5.41, 5.74) is 0.800. The van der Waals surface area contributed by atoms with Crippen LogP contribution in [0.15, 0.2) is 11.3 Å². The van der Waals surface area contributed by atoms with Crippen LogP contribution in [0.4, 0.5) is 0 Å². The molecule has 0 bridgehead atoms. The van der Waals surface area contributed by atoms with Crippen LogP contribution < -0.4 is 0 Å². The normalized spacial score (nSPS) is 24.7. The molecule has 0 aromatic carbocycles. The Morgan fingerprint density at radius 1 is 1.60 bits per heavy atom. The van der Waals surface area contributed by atoms with Crippen LogP contribution in [0.3, 0.4) is 0 Å². The van der Waals surface area contributed by atoms with E-state index in [-0.39, 0.29) is 11.7 Å². The van der Waals surface area contributed by atoms with Crippen molar-refractivity contribution in [1.82, 2.24) is 0 Å². The van der Waals surface area contributed by atoms with E-state index >= 15 is 0 Å². The molecular weight excluding hydrogens is 128 g/mol. The highest BCUT2D eigenvalue weighted by atomic mass is 16.5. The minimum absolute atomic E-state index is 0.0138. The average Bonchev–Trinajstić information content (AvgIpc) is 1.98. The van der Waals surface area contributed by atoms with Gasteiger partial charge in [-0.1, -0.05) is 0 Å². The molecule has 0 aromatic heterocycles. The van der Waals surface area contributed by atoms with Gasteiger partial charge in [0.25, 0.3) is 0 Å². The molecule has 0 heterocycles. The highest BCUT2D eigenvalue weighted by Gasteiger charge is 2.33. The van der Waals surface area contributed by atoms with Crippen LogP contribution in [0.5, 0.6) is 0 Å². The third-order valence-corrected chi connectivity index (χ3v) is 1.83. The van der Waals surface area contributed by atoms with Gasteiger partial charge in [0.05, 0.1) is 12.5 Å². The molecule has 0 amide bonds. The molecule has 2 heteroatoms. The molecule has 1 aliphatic rings. The Morgan fingerprint density at radius 3 is 2.60 bits per heavy atom. The van der Waals surface area contributed by atoms with Crippen molar-refractivity contribution in [3.8, 4) is 0 Å². The predicted molar refractivity (Wildman–Crippen MR) is 38.5 cm³/mol. The van der Waals surface area contributed by atoms with Gasteiger partial charge in [-0.15, -0.1) is 0 Å². The zero-order valence-corrected chi connectivity index (χ0v) is 6.60. The number of ketones is 1. The van der Waals surface area contributed by atoms with Crippen LogP contribution in [-0.2, 0) is 9.53 Å². The zero-order chi connectivity index (χ0) is 7.72. The van der Waals surface area contributed by atoms with Crippen LogP contribution in [0.25, 0.3) is 0 Å². The van der Waals surface area contributed by atoms with Crippen LogP contribution in [0.2, 0.25) is 0 Å². The van der Waals surface area contributed by atoms with Gasteiger partial charge >= 0.3 is 0 Å². The number of hydrogen-bond donors (Lipinski definition) is 0. The Kier molecular flexibility index (Phi) is 1.79. The highest BCUT2D eigenvalue weighted by Crippen LogP contribution is 2.30. The molecule has 0 radical (unpaired) electrons. The van der Waals surface area contributed by atoms with Gasteiger partial charge in [-0.3, -0.25) is 4.79 Å². The van der Waals surface area contributed by atoms with Gasteiger partial charge in [-0.2, -0.15) is 0 Å². The minimum Gasteiger partial charge on any atom is -0.497 e. The molecule has 0 spiro atoms. The minimum atomic E-state index is 0.0138. The van der Waals surface area contributed by atoms with E-state index in [0.717, 1.165) is 11.3 Å². The summed E-state index contributed by atoms with van der Waals surface area (Å²) >= 11 is 0. The lowest BCUT2D eigenvalue weighted by molar-refractivity contribution is -0.122. The fourth-order valence-corrected chi connectivity index (χ4v) is 1.20. The predicted octanol–water partition coefficient (Wildman–Crippen LogP) is 1.52. The van der Waals surface area contributed by atoms with Gasteiger partial charge in [0.15, 0.2) is 5.78 Å². The van der Waals surface area contributed by atoms with Gasteiger partial charge in [0.2, 0.25) is 0 Å². The molecule has 0 aromatic rings. The Morgan fingerprint density at radius 2 is 2.20 bits per heavy atom. The number of ether oxygens (including phenoxy) is 1. The molecule has 0 saturated heterocycles. The molecule has 1 atom stereocenters. The molecule has 1 unspecified atom stereocenters. The van der Waals surface area contributed by atoms with Crippen LogP contribution in [-0.4, -0.2) is 12.4 Å². The second-order valence-corrected chi connectivity index (χ2v) is 2.51. The maximum Gasteiger partial charge on any atom is 0.172 e. The average molecular weight is 140 g/mol. The Balaban J connectivity index is 2.68. The number of rotatable bonds is 2. The fourth-order valence-electron chi connectivity index (χ4n) is 1.20. The van der Waals surface area contributed by atoms with Gasteiger partial charge in [-0.25, -0.2) is 0 Å². The largest absolute Gasteiger partial charge is 0.497 e. The molecule has 10 heavy (non-hydrogen) atoms. The summed E-state index contributed by atoms with van der Waals surface area (Å²) in [6, 6.07) is 0. The summed E-state index contributed by atoms with van der Waals surface area (Å²) in [4.78, 5) is 10.9. The van der Waals surface area contributed by atoms with E-state index in [4.69, 9.17) is 4.74 Å².